The molecule has 2 atom stereocenters. The van der Waals surface area contributed by atoms with Gasteiger partial charge in [-0.05, 0) is 43.5 Å². The lowest BCUT2D eigenvalue weighted by Gasteiger charge is -2.28. The molecule has 0 saturated heterocycles. The first-order chi connectivity index (χ1) is 8.45. The van der Waals surface area contributed by atoms with Gasteiger partial charge in [0, 0.05) is 12.7 Å². The van der Waals surface area contributed by atoms with Gasteiger partial charge in [0.25, 0.3) is 0 Å². The number of benzene rings is 1. The molecule has 2 unspecified atom stereocenters. The molecule has 0 radical (unpaired) electrons. The van der Waals surface area contributed by atoms with Gasteiger partial charge in [0.05, 0.1) is 11.4 Å². The number of rotatable bonds is 3. The summed E-state index contributed by atoms with van der Waals surface area (Å²) in [7, 11) is -3.00. The molecule has 1 aliphatic rings. The first-order valence-electron chi connectivity index (χ1n) is 6.06. The van der Waals surface area contributed by atoms with E-state index in [9.17, 15) is 12.8 Å². The molecule has 2 rings (SSSR count). The molecular formula is C13H17FO3S. The molecule has 0 heterocycles. The third-order valence-corrected chi connectivity index (χ3v) is 4.94. The van der Waals surface area contributed by atoms with Crippen LogP contribution in [0.1, 0.15) is 25.7 Å². The minimum atomic E-state index is -3.00. The minimum Gasteiger partial charge on any atom is -0.490 e. The summed E-state index contributed by atoms with van der Waals surface area (Å²) in [5.41, 5.74) is 0. The molecule has 0 aromatic heterocycles. The van der Waals surface area contributed by atoms with Crippen molar-refractivity contribution in [1.29, 1.82) is 0 Å². The van der Waals surface area contributed by atoms with Crippen LogP contribution in [0.3, 0.4) is 0 Å². The molecule has 5 heteroatoms. The summed E-state index contributed by atoms with van der Waals surface area (Å²) in [5.74, 6) is 0.288. The Kier molecular flexibility index (Phi) is 3.90. The van der Waals surface area contributed by atoms with Crippen molar-refractivity contribution in [1.82, 2.24) is 0 Å². The topological polar surface area (TPSA) is 43.4 Å². The molecule has 0 bridgehead atoms. The van der Waals surface area contributed by atoms with Crippen molar-refractivity contribution in [3.05, 3.63) is 30.1 Å². The molecule has 1 fully saturated rings. The predicted molar refractivity (Wildman–Crippen MR) is 67.9 cm³/mol. The minimum absolute atomic E-state index is 0.0936. The summed E-state index contributed by atoms with van der Waals surface area (Å²) in [6.07, 6.45) is 4.12. The van der Waals surface area contributed by atoms with E-state index in [2.05, 4.69) is 0 Å². The molecule has 0 aliphatic heterocycles. The summed E-state index contributed by atoms with van der Waals surface area (Å²) < 4.78 is 41.5. The molecule has 1 saturated carbocycles. The smallest absolute Gasteiger partial charge is 0.150 e. The predicted octanol–water partition coefficient (Wildman–Crippen LogP) is 2.56. The Morgan fingerprint density at radius 1 is 1.22 bits per heavy atom. The van der Waals surface area contributed by atoms with Gasteiger partial charge in [0.2, 0.25) is 0 Å². The first kappa shape index (κ1) is 13.3. The molecule has 1 aromatic carbocycles. The standard InChI is InChI=1S/C13H17FO3S/c1-18(15,16)13-4-2-3-12(9-13)17-11-7-5-10(14)6-8-11/h5-8,12-13H,2-4,9H2,1H3. The fourth-order valence-corrected chi connectivity index (χ4v) is 3.46. The van der Waals surface area contributed by atoms with Crippen LogP contribution in [0.15, 0.2) is 24.3 Å². The van der Waals surface area contributed by atoms with Crippen LogP contribution >= 0.6 is 0 Å². The van der Waals surface area contributed by atoms with Gasteiger partial charge in [-0.1, -0.05) is 0 Å². The second-order valence-electron chi connectivity index (χ2n) is 4.81. The zero-order valence-electron chi connectivity index (χ0n) is 10.3. The molecule has 18 heavy (non-hydrogen) atoms. The van der Waals surface area contributed by atoms with Crippen LogP contribution in [0.25, 0.3) is 0 Å². The van der Waals surface area contributed by atoms with Gasteiger partial charge >= 0.3 is 0 Å². The van der Waals surface area contributed by atoms with E-state index in [0.29, 0.717) is 18.6 Å². The fraction of sp³-hybridized carbons (Fsp3) is 0.538. The molecular weight excluding hydrogens is 255 g/mol. The van der Waals surface area contributed by atoms with Gasteiger partial charge in [-0.3, -0.25) is 0 Å². The zero-order chi connectivity index (χ0) is 13.2. The quantitative estimate of drug-likeness (QED) is 0.849. The van der Waals surface area contributed by atoms with Crippen molar-refractivity contribution in [2.24, 2.45) is 0 Å². The maximum atomic E-state index is 12.7. The third kappa shape index (κ3) is 3.45. The van der Waals surface area contributed by atoms with Crippen molar-refractivity contribution in [3.8, 4) is 5.75 Å². The molecule has 3 nitrogen and oxygen atoms in total. The van der Waals surface area contributed by atoms with E-state index in [1.165, 1.54) is 18.4 Å². The Hall–Kier alpha value is -1.10. The summed E-state index contributed by atoms with van der Waals surface area (Å²) in [5, 5.41) is -0.309. The van der Waals surface area contributed by atoms with E-state index in [1.54, 1.807) is 12.1 Å². The lowest BCUT2D eigenvalue weighted by molar-refractivity contribution is 0.156. The van der Waals surface area contributed by atoms with Crippen molar-refractivity contribution in [3.63, 3.8) is 0 Å². The number of ether oxygens (including phenoxy) is 1. The monoisotopic (exact) mass is 272 g/mol. The summed E-state index contributed by atoms with van der Waals surface area (Å²) in [6, 6.07) is 5.82. The van der Waals surface area contributed by atoms with Crippen LogP contribution in [0.2, 0.25) is 0 Å². The molecule has 0 N–H and O–H groups in total. The highest BCUT2D eigenvalue weighted by Crippen LogP contribution is 2.27. The van der Waals surface area contributed by atoms with Crippen molar-refractivity contribution < 1.29 is 17.5 Å². The Balaban J connectivity index is 2.00. The average Bonchev–Trinajstić information content (AvgIpc) is 2.31. The van der Waals surface area contributed by atoms with Crippen LogP contribution in [0.5, 0.6) is 5.75 Å². The van der Waals surface area contributed by atoms with Crippen LogP contribution in [-0.4, -0.2) is 26.0 Å². The molecule has 100 valence electrons. The molecule has 1 aliphatic carbocycles. The van der Waals surface area contributed by atoms with Gasteiger partial charge < -0.3 is 4.74 Å². The van der Waals surface area contributed by atoms with E-state index < -0.39 is 9.84 Å². The van der Waals surface area contributed by atoms with E-state index >= 15 is 0 Å². The Morgan fingerprint density at radius 2 is 1.89 bits per heavy atom. The number of hydrogen-bond donors (Lipinski definition) is 0. The van der Waals surface area contributed by atoms with Gasteiger partial charge in [0.15, 0.2) is 0 Å². The highest BCUT2D eigenvalue weighted by Gasteiger charge is 2.29. The third-order valence-electron chi connectivity index (χ3n) is 3.30. The maximum Gasteiger partial charge on any atom is 0.150 e. The van der Waals surface area contributed by atoms with E-state index in [4.69, 9.17) is 4.74 Å². The largest absolute Gasteiger partial charge is 0.490 e. The van der Waals surface area contributed by atoms with Gasteiger partial charge in [-0.15, -0.1) is 0 Å². The summed E-state index contributed by atoms with van der Waals surface area (Å²) in [4.78, 5) is 0. The molecule has 1 aromatic rings. The lowest BCUT2D eigenvalue weighted by atomic mass is 9.97. The number of sulfone groups is 1. The van der Waals surface area contributed by atoms with Crippen LogP contribution in [0, 0.1) is 5.82 Å². The first-order valence-corrected chi connectivity index (χ1v) is 8.02. The van der Waals surface area contributed by atoms with E-state index in [1.807, 2.05) is 0 Å². The highest BCUT2D eigenvalue weighted by atomic mass is 32.2. The van der Waals surface area contributed by atoms with Crippen LogP contribution in [0.4, 0.5) is 4.39 Å². The van der Waals surface area contributed by atoms with E-state index in [-0.39, 0.29) is 17.2 Å². The van der Waals surface area contributed by atoms with Crippen molar-refractivity contribution in [2.75, 3.05) is 6.26 Å². The lowest BCUT2D eigenvalue weighted by Crippen LogP contribution is -2.33. The molecule has 0 amide bonds. The van der Waals surface area contributed by atoms with Gasteiger partial charge in [-0.25, -0.2) is 12.8 Å². The van der Waals surface area contributed by atoms with Crippen LogP contribution < -0.4 is 4.74 Å². The van der Waals surface area contributed by atoms with E-state index in [0.717, 1.165) is 12.8 Å². The Labute approximate surface area is 107 Å². The van der Waals surface area contributed by atoms with Crippen molar-refractivity contribution in [2.45, 2.75) is 37.0 Å². The zero-order valence-corrected chi connectivity index (χ0v) is 11.1. The second kappa shape index (κ2) is 5.26. The van der Waals surface area contributed by atoms with Crippen LogP contribution in [-0.2, 0) is 9.84 Å². The number of hydrogen-bond acceptors (Lipinski definition) is 3. The highest BCUT2D eigenvalue weighted by molar-refractivity contribution is 7.91. The summed E-state index contributed by atoms with van der Waals surface area (Å²) in [6.45, 7) is 0. The fourth-order valence-electron chi connectivity index (χ4n) is 2.30. The molecule has 0 spiro atoms. The average molecular weight is 272 g/mol. The SMILES string of the molecule is CS(=O)(=O)C1CCCC(Oc2ccc(F)cc2)C1. The number of halogens is 1. The normalized spacial score (nSPS) is 24.8. The summed E-state index contributed by atoms with van der Waals surface area (Å²) >= 11 is 0. The second-order valence-corrected chi connectivity index (χ2v) is 7.14. The Morgan fingerprint density at radius 3 is 2.50 bits per heavy atom. The van der Waals surface area contributed by atoms with Gasteiger partial charge in [0.1, 0.15) is 21.4 Å². The van der Waals surface area contributed by atoms with Gasteiger partial charge in [-0.2, -0.15) is 0 Å². The maximum absolute atomic E-state index is 12.7. The van der Waals surface area contributed by atoms with Crippen molar-refractivity contribution >= 4 is 9.84 Å². The Bertz CT molecular complexity index is 495.